The fourth-order valence-electron chi connectivity index (χ4n) is 2.69. The van der Waals surface area contributed by atoms with Crippen LogP contribution in [0.5, 0.6) is 0 Å². The topological polar surface area (TPSA) is 87.6 Å². The highest BCUT2D eigenvalue weighted by Gasteiger charge is 2.14. The Balaban J connectivity index is 1.63. The lowest BCUT2D eigenvalue weighted by Gasteiger charge is -2.06. The molecular weight excluding hydrogens is 360 g/mol. The number of hydrogen-bond donors (Lipinski definition) is 0. The van der Waals surface area contributed by atoms with Crippen LogP contribution >= 0.6 is 23.1 Å². The normalized spacial score (nSPS) is 11.6. The predicted molar refractivity (Wildman–Crippen MR) is 98.4 cm³/mol. The van der Waals surface area contributed by atoms with E-state index in [1.807, 2.05) is 11.4 Å². The van der Waals surface area contributed by atoms with Gasteiger partial charge < -0.3 is 4.57 Å². The Kier molecular flexibility index (Phi) is 3.92. The minimum Gasteiger partial charge on any atom is -0.324 e. The Morgan fingerprint density at radius 1 is 1.16 bits per heavy atom. The maximum absolute atomic E-state index is 12.4. The number of nitrogens with zero attached hydrogens (tertiary/aromatic N) is 6. The highest BCUT2D eigenvalue weighted by Crippen LogP contribution is 2.27. The highest BCUT2D eigenvalue weighted by molar-refractivity contribution is 7.99. The maximum atomic E-state index is 12.4. The zero-order chi connectivity index (χ0) is 17.6. The quantitative estimate of drug-likeness (QED) is 0.394. The fourth-order valence-corrected chi connectivity index (χ4v) is 4.41. The monoisotopic (exact) mass is 374 g/mol. The first kappa shape index (κ1) is 16.0. The summed E-state index contributed by atoms with van der Waals surface area (Å²) in [6, 6.07) is 2.01. The molecule has 0 radical (unpaired) electrons. The van der Waals surface area contributed by atoms with Crippen LogP contribution in [0.1, 0.15) is 0 Å². The lowest BCUT2D eigenvalue weighted by atomic mass is 10.4. The third-order valence-corrected chi connectivity index (χ3v) is 5.82. The second kappa shape index (κ2) is 6.12. The number of hydrogen-bond acceptors (Lipinski definition) is 7. The van der Waals surface area contributed by atoms with Crippen molar-refractivity contribution in [3.8, 4) is 0 Å². The SMILES string of the molecule is Cn1c(=O)c2c(ncn2CCSc2ncnc3sccc23)n(C)c1=O. The molecule has 0 bridgehead atoms. The zero-order valence-corrected chi connectivity index (χ0v) is 15.2. The molecule has 0 aliphatic rings. The number of aryl methyl sites for hydroxylation is 2. The molecule has 0 N–H and O–H groups in total. The van der Waals surface area contributed by atoms with Crippen LogP contribution in [0, 0.1) is 0 Å². The van der Waals surface area contributed by atoms with Crippen molar-refractivity contribution in [2.45, 2.75) is 11.6 Å². The van der Waals surface area contributed by atoms with Gasteiger partial charge in [-0.25, -0.2) is 19.7 Å². The van der Waals surface area contributed by atoms with E-state index < -0.39 is 0 Å². The Labute approximate surface area is 149 Å². The molecule has 8 nitrogen and oxygen atoms in total. The Hall–Kier alpha value is -2.46. The van der Waals surface area contributed by atoms with Gasteiger partial charge in [0, 0.05) is 31.8 Å². The first-order valence-corrected chi connectivity index (χ1v) is 9.36. The second-order valence-electron chi connectivity index (χ2n) is 5.48. The molecule has 0 unspecified atom stereocenters. The van der Waals surface area contributed by atoms with E-state index >= 15 is 0 Å². The van der Waals surface area contributed by atoms with Crippen molar-refractivity contribution in [3.05, 3.63) is 44.9 Å². The van der Waals surface area contributed by atoms with Gasteiger partial charge in [0.15, 0.2) is 11.2 Å². The molecule has 4 aromatic heterocycles. The minimum absolute atomic E-state index is 0.331. The van der Waals surface area contributed by atoms with Gasteiger partial charge in [-0.15, -0.1) is 23.1 Å². The molecule has 0 saturated carbocycles. The van der Waals surface area contributed by atoms with Gasteiger partial charge in [-0.05, 0) is 11.4 Å². The third kappa shape index (κ3) is 2.57. The summed E-state index contributed by atoms with van der Waals surface area (Å²) < 4.78 is 4.28. The van der Waals surface area contributed by atoms with Crippen LogP contribution in [-0.4, -0.2) is 34.4 Å². The van der Waals surface area contributed by atoms with E-state index in [4.69, 9.17) is 0 Å². The van der Waals surface area contributed by atoms with E-state index in [0.717, 1.165) is 25.6 Å². The molecule has 10 heteroatoms. The van der Waals surface area contributed by atoms with E-state index in [-0.39, 0.29) is 11.2 Å². The standard InChI is InChI=1S/C15H14N6O2S2/c1-19-11-10(14(22)20(2)15(19)23)21(8-18-11)4-6-25-13-9-3-5-24-12(9)16-7-17-13/h3,5,7-8H,4,6H2,1-2H3. The van der Waals surface area contributed by atoms with Gasteiger partial charge in [-0.2, -0.15) is 0 Å². The lowest BCUT2D eigenvalue weighted by molar-refractivity contribution is 0.700. The van der Waals surface area contributed by atoms with Crippen LogP contribution in [-0.2, 0) is 20.6 Å². The van der Waals surface area contributed by atoms with Gasteiger partial charge in [-0.3, -0.25) is 13.9 Å². The fraction of sp³-hybridized carbons (Fsp3) is 0.267. The predicted octanol–water partition coefficient (Wildman–Crippen LogP) is 1.23. The zero-order valence-electron chi connectivity index (χ0n) is 13.5. The van der Waals surface area contributed by atoms with Crippen molar-refractivity contribution in [2.75, 3.05) is 5.75 Å². The third-order valence-electron chi connectivity index (χ3n) is 4.01. The molecule has 25 heavy (non-hydrogen) atoms. The second-order valence-corrected chi connectivity index (χ2v) is 7.46. The Bertz CT molecular complexity index is 1200. The molecular formula is C15H14N6O2S2. The van der Waals surface area contributed by atoms with Gasteiger partial charge in [0.2, 0.25) is 0 Å². The molecule has 0 aliphatic heterocycles. The van der Waals surface area contributed by atoms with E-state index in [9.17, 15) is 9.59 Å². The molecule has 0 atom stereocenters. The number of rotatable bonds is 4. The first-order valence-electron chi connectivity index (χ1n) is 7.50. The summed E-state index contributed by atoms with van der Waals surface area (Å²) >= 11 is 3.19. The molecule has 4 rings (SSSR count). The van der Waals surface area contributed by atoms with E-state index in [0.29, 0.717) is 17.7 Å². The van der Waals surface area contributed by atoms with Crippen molar-refractivity contribution in [2.24, 2.45) is 14.1 Å². The van der Waals surface area contributed by atoms with Crippen molar-refractivity contribution in [1.29, 1.82) is 0 Å². The van der Waals surface area contributed by atoms with Gasteiger partial charge >= 0.3 is 5.69 Å². The van der Waals surface area contributed by atoms with Crippen LogP contribution in [0.3, 0.4) is 0 Å². The van der Waals surface area contributed by atoms with Gasteiger partial charge in [-0.1, -0.05) is 0 Å². The van der Waals surface area contributed by atoms with Crippen molar-refractivity contribution < 1.29 is 0 Å². The van der Waals surface area contributed by atoms with Crippen LogP contribution in [0.4, 0.5) is 0 Å². The van der Waals surface area contributed by atoms with E-state index in [1.165, 1.54) is 11.6 Å². The Morgan fingerprint density at radius 3 is 2.84 bits per heavy atom. The molecule has 0 spiro atoms. The summed E-state index contributed by atoms with van der Waals surface area (Å²) in [6.07, 6.45) is 3.17. The minimum atomic E-state index is -0.377. The molecule has 128 valence electrons. The summed E-state index contributed by atoms with van der Waals surface area (Å²) in [7, 11) is 3.09. The average Bonchev–Trinajstić information content (AvgIpc) is 3.25. The van der Waals surface area contributed by atoms with Crippen LogP contribution in [0.15, 0.2) is 38.7 Å². The van der Waals surface area contributed by atoms with Crippen molar-refractivity contribution >= 4 is 44.5 Å². The van der Waals surface area contributed by atoms with Crippen LogP contribution in [0.25, 0.3) is 21.4 Å². The first-order chi connectivity index (χ1) is 12.1. The van der Waals surface area contributed by atoms with Crippen LogP contribution < -0.4 is 11.2 Å². The summed E-state index contributed by atoms with van der Waals surface area (Å²) in [6.45, 7) is 0.588. The van der Waals surface area contributed by atoms with Crippen molar-refractivity contribution in [3.63, 3.8) is 0 Å². The number of thiophene rings is 1. The van der Waals surface area contributed by atoms with Gasteiger partial charge in [0.25, 0.3) is 5.56 Å². The van der Waals surface area contributed by atoms with Crippen molar-refractivity contribution in [1.82, 2.24) is 28.7 Å². The average molecular weight is 374 g/mol. The molecule has 4 aromatic rings. The number of fused-ring (bicyclic) bond motifs is 2. The van der Waals surface area contributed by atoms with E-state index in [2.05, 4.69) is 15.0 Å². The summed E-state index contributed by atoms with van der Waals surface area (Å²) in [4.78, 5) is 38.2. The number of imidazole rings is 1. The van der Waals surface area contributed by atoms with E-state index in [1.54, 1.807) is 47.4 Å². The molecule has 0 aliphatic carbocycles. The number of thioether (sulfide) groups is 1. The molecule has 4 heterocycles. The van der Waals surface area contributed by atoms with Gasteiger partial charge in [0.05, 0.1) is 6.33 Å². The lowest BCUT2D eigenvalue weighted by Crippen LogP contribution is -2.37. The van der Waals surface area contributed by atoms with Crippen LogP contribution in [0.2, 0.25) is 0 Å². The maximum Gasteiger partial charge on any atom is 0.332 e. The summed E-state index contributed by atoms with van der Waals surface area (Å²) in [5.74, 6) is 0.722. The molecule has 0 amide bonds. The van der Waals surface area contributed by atoms with Gasteiger partial charge in [0.1, 0.15) is 16.2 Å². The molecule has 0 aromatic carbocycles. The summed E-state index contributed by atoms with van der Waals surface area (Å²) in [5.41, 5.74) is 0.134. The highest BCUT2D eigenvalue weighted by atomic mass is 32.2. The molecule has 0 fully saturated rings. The smallest absolute Gasteiger partial charge is 0.324 e. The Morgan fingerprint density at radius 2 is 2.00 bits per heavy atom. The largest absolute Gasteiger partial charge is 0.332 e. The molecule has 0 saturated heterocycles. The number of aromatic nitrogens is 6. The summed E-state index contributed by atoms with van der Waals surface area (Å²) in [5, 5.41) is 3.97.